The number of imide groups is 1. The van der Waals surface area contributed by atoms with Gasteiger partial charge in [-0.2, -0.15) is 13.2 Å². The summed E-state index contributed by atoms with van der Waals surface area (Å²) >= 11 is 3.16. The highest BCUT2D eigenvalue weighted by molar-refractivity contribution is 9.09. The van der Waals surface area contributed by atoms with Crippen molar-refractivity contribution in [3.05, 3.63) is 0 Å². The molecule has 1 aliphatic rings. The molecule has 0 aromatic rings. The second-order valence-electron chi connectivity index (χ2n) is 3.91. The van der Waals surface area contributed by atoms with Crippen LogP contribution in [-0.4, -0.2) is 40.4 Å². The summed E-state index contributed by atoms with van der Waals surface area (Å²) < 4.78 is 38.0. The molecule has 98 valence electrons. The van der Waals surface area contributed by atoms with E-state index in [4.69, 9.17) is 0 Å². The molecule has 0 aromatic carbocycles. The Bertz CT molecular complexity index is 335. The van der Waals surface area contributed by atoms with Crippen LogP contribution in [0.15, 0.2) is 0 Å². The second kappa shape index (κ2) is 4.83. The first kappa shape index (κ1) is 14.3. The predicted octanol–water partition coefficient (Wildman–Crippen LogP) is 2.03. The van der Waals surface area contributed by atoms with Crippen molar-refractivity contribution in [3.8, 4) is 0 Å². The largest absolute Gasteiger partial charge is 0.420 e. The van der Waals surface area contributed by atoms with E-state index in [1.807, 2.05) is 0 Å². The highest BCUT2D eigenvalue weighted by atomic mass is 79.9. The van der Waals surface area contributed by atoms with Gasteiger partial charge < -0.3 is 5.32 Å². The number of hydrogen-bond donors (Lipinski definition) is 1. The molecule has 8 heteroatoms. The van der Waals surface area contributed by atoms with Crippen molar-refractivity contribution < 1.29 is 22.8 Å². The number of urea groups is 1. The number of carbonyl (C=O) groups excluding carboxylic acids is 2. The summed E-state index contributed by atoms with van der Waals surface area (Å²) in [6.45, 7) is 0.680. The SMILES string of the molecule is CC1(C(F)(F)F)NC(=O)N(CCCCBr)C1=O. The van der Waals surface area contributed by atoms with Crippen LogP contribution in [0.1, 0.15) is 19.8 Å². The number of carbonyl (C=O) groups is 2. The summed E-state index contributed by atoms with van der Waals surface area (Å²) in [6.07, 6.45) is -3.64. The lowest BCUT2D eigenvalue weighted by Crippen LogP contribution is -2.56. The molecule has 1 unspecified atom stereocenters. The first-order chi connectivity index (χ1) is 7.74. The van der Waals surface area contributed by atoms with E-state index in [1.54, 1.807) is 5.32 Å². The van der Waals surface area contributed by atoms with Crippen LogP contribution in [0.3, 0.4) is 0 Å². The average Bonchev–Trinajstić information content (AvgIpc) is 2.42. The van der Waals surface area contributed by atoms with Gasteiger partial charge in [0, 0.05) is 11.9 Å². The number of alkyl halides is 4. The van der Waals surface area contributed by atoms with Gasteiger partial charge in [-0.3, -0.25) is 9.69 Å². The standard InChI is InChI=1S/C9H12BrF3N2O2/c1-8(9(11,12)13)6(16)15(7(17)14-8)5-3-2-4-10/h2-5H2,1H3,(H,14,17). The molecular weight excluding hydrogens is 305 g/mol. The molecule has 1 fully saturated rings. The van der Waals surface area contributed by atoms with Crippen molar-refractivity contribution in [1.82, 2.24) is 10.2 Å². The molecule has 0 radical (unpaired) electrons. The molecule has 0 saturated carbocycles. The molecule has 17 heavy (non-hydrogen) atoms. The molecule has 1 rings (SSSR count). The van der Waals surface area contributed by atoms with Gasteiger partial charge in [-0.25, -0.2) is 4.79 Å². The second-order valence-corrected chi connectivity index (χ2v) is 4.70. The molecule has 1 aliphatic heterocycles. The maximum Gasteiger partial charge on any atom is 0.420 e. The van der Waals surface area contributed by atoms with Gasteiger partial charge >= 0.3 is 12.2 Å². The van der Waals surface area contributed by atoms with Crippen LogP contribution in [0, 0.1) is 0 Å². The van der Waals surface area contributed by atoms with Gasteiger partial charge in [-0.15, -0.1) is 0 Å². The number of amides is 3. The van der Waals surface area contributed by atoms with Crippen LogP contribution in [0.25, 0.3) is 0 Å². The fourth-order valence-corrected chi connectivity index (χ4v) is 1.85. The Hall–Kier alpha value is -0.790. The first-order valence-corrected chi connectivity index (χ1v) is 6.13. The zero-order valence-corrected chi connectivity index (χ0v) is 10.7. The molecule has 1 saturated heterocycles. The van der Waals surface area contributed by atoms with E-state index >= 15 is 0 Å². The van der Waals surface area contributed by atoms with Crippen molar-refractivity contribution in [3.63, 3.8) is 0 Å². The van der Waals surface area contributed by atoms with Crippen molar-refractivity contribution >= 4 is 27.9 Å². The fraction of sp³-hybridized carbons (Fsp3) is 0.778. The molecule has 0 bridgehead atoms. The Kier molecular flexibility index (Phi) is 4.06. The Morgan fingerprint density at radius 1 is 1.35 bits per heavy atom. The lowest BCUT2D eigenvalue weighted by atomic mass is 10.0. The Labute approximate surface area is 105 Å². The number of rotatable bonds is 4. The van der Waals surface area contributed by atoms with E-state index in [1.165, 1.54) is 0 Å². The minimum Gasteiger partial charge on any atom is -0.316 e. The van der Waals surface area contributed by atoms with E-state index in [0.29, 0.717) is 30.0 Å². The molecule has 0 spiro atoms. The molecule has 0 aromatic heterocycles. The summed E-state index contributed by atoms with van der Waals surface area (Å²) in [5, 5.41) is 2.37. The quantitative estimate of drug-likeness (QED) is 0.490. The monoisotopic (exact) mass is 316 g/mol. The zero-order chi connectivity index (χ0) is 13.3. The highest BCUT2D eigenvalue weighted by Gasteiger charge is 2.64. The van der Waals surface area contributed by atoms with Gasteiger partial charge in [-0.1, -0.05) is 15.9 Å². The van der Waals surface area contributed by atoms with E-state index < -0.39 is 23.7 Å². The van der Waals surface area contributed by atoms with E-state index in [0.717, 1.165) is 0 Å². The molecule has 3 amide bonds. The van der Waals surface area contributed by atoms with Gasteiger partial charge in [0.2, 0.25) is 5.54 Å². The van der Waals surface area contributed by atoms with E-state index in [9.17, 15) is 22.8 Å². The maximum absolute atomic E-state index is 12.7. The van der Waals surface area contributed by atoms with Crippen molar-refractivity contribution in [2.24, 2.45) is 0 Å². The third-order valence-corrected chi connectivity index (χ3v) is 3.17. The van der Waals surface area contributed by atoms with Gasteiger partial charge in [0.1, 0.15) is 0 Å². The molecule has 0 aliphatic carbocycles. The number of nitrogens with zero attached hydrogens (tertiary/aromatic N) is 1. The minimum atomic E-state index is -4.79. The van der Waals surface area contributed by atoms with Crippen molar-refractivity contribution in [1.29, 1.82) is 0 Å². The zero-order valence-electron chi connectivity index (χ0n) is 9.10. The molecule has 1 heterocycles. The highest BCUT2D eigenvalue weighted by Crippen LogP contribution is 2.35. The Morgan fingerprint density at radius 2 is 1.94 bits per heavy atom. The van der Waals surface area contributed by atoms with Gasteiger partial charge in [0.15, 0.2) is 0 Å². The van der Waals surface area contributed by atoms with Gasteiger partial charge in [0.25, 0.3) is 5.91 Å². The summed E-state index contributed by atoms with van der Waals surface area (Å²) in [7, 11) is 0. The van der Waals surface area contributed by atoms with Crippen LogP contribution in [0.4, 0.5) is 18.0 Å². The molecule has 1 atom stereocenters. The van der Waals surface area contributed by atoms with Crippen LogP contribution >= 0.6 is 15.9 Å². The Morgan fingerprint density at radius 3 is 2.35 bits per heavy atom. The number of unbranched alkanes of at least 4 members (excludes halogenated alkanes) is 1. The molecule has 1 N–H and O–H groups in total. The Balaban J connectivity index is 2.79. The van der Waals surface area contributed by atoms with Crippen LogP contribution in [0.2, 0.25) is 0 Å². The van der Waals surface area contributed by atoms with Crippen molar-refractivity contribution in [2.75, 3.05) is 11.9 Å². The summed E-state index contributed by atoms with van der Waals surface area (Å²) in [6, 6.07) is -0.982. The number of nitrogens with one attached hydrogen (secondary N) is 1. The third-order valence-electron chi connectivity index (χ3n) is 2.61. The smallest absolute Gasteiger partial charge is 0.316 e. The lowest BCUT2D eigenvalue weighted by Gasteiger charge is -2.24. The third kappa shape index (κ3) is 2.56. The summed E-state index contributed by atoms with van der Waals surface area (Å²) in [4.78, 5) is 23.5. The van der Waals surface area contributed by atoms with Gasteiger partial charge in [0.05, 0.1) is 0 Å². The van der Waals surface area contributed by atoms with E-state index in [-0.39, 0.29) is 6.54 Å². The molecular formula is C9H12BrF3N2O2. The maximum atomic E-state index is 12.7. The predicted molar refractivity (Wildman–Crippen MR) is 57.7 cm³/mol. The topological polar surface area (TPSA) is 49.4 Å². The minimum absolute atomic E-state index is 0.00192. The molecule has 4 nitrogen and oxygen atoms in total. The summed E-state index contributed by atoms with van der Waals surface area (Å²) in [5.41, 5.74) is -2.79. The van der Waals surface area contributed by atoms with E-state index in [2.05, 4.69) is 15.9 Å². The van der Waals surface area contributed by atoms with Crippen LogP contribution in [-0.2, 0) is 4.79 Å². The van der Waals surface area contributed by atoms with Gasteiger partial charge in [-0.05, 0) is 19.8 Å². The van der Waals surface area contributed by atoms with Crippen LogP contribution < -0.4 is 5.32 Å². The van der Waals surface area contributed by atoms with Crippen LogP contribution in [0.5, 0.6) is 0 Å². The first-order valence-electron chi connectivity index (χ1n) is 5.01. The summed E-state index contributed by atoms with van der Waals surface area (Å²) in [5.74, 6) is -1.23. The fourth-order valence-electron chi connectivity index (χ4n) is 1.46. The number of halogens is 4. The average molecular weight is 317 g/mol. The number of hydrogen-bond acceptors (Lipinski definition) is 2. The van der Waals surface area contributed by atoms with Crippen molar-refractivity contribution in [2.45, 2.75) is 31.5 Å². The lowest BCUT2D eigenvalue weighted by molar-refractivity contribution is -0.191. The normalized spacial score (nSPS) is 25.4.